The first kappa shape index (κ1) is 19.3. The summed E-state index contributed by atoms with van der Waals surface area (Å²) in [5.41, 5.74) is 5.52. The van der Waals surface area contributed by atoms with E-state index >= 15 is 0 Å². The first-order chi connectivity index (χ1) is 12.5. The number of rotatable bonds is 8. The van der Waals surface area contributed by atoms with Crippen LogP contribution in [0.2, 0.25) is 0 Å². The van der Waals surface area contributed by atoms with Crippen molar-refractivity contribution in [3.63, 3.8) is 0 Å². The number of aryl methyl sites for hydroxylation is 2. The third kappa shape index (κ3) is 5.51. The summed E-state index contributed by atoms with van der Waals surface area (Å²) in [6.45, 7) is 6.35. The van der Waals surface area contributed by atoms with Gasteiger partial charge in [0.05, 0.1) is 19.9 Å². The van der Waals surface area contributed by atoms with Crippen LogP contribution >= 0.6 is 0 Å². The quantitative estimate of drug-likeness (QED) is 0.582. The number of carbonyl (C=O) groups is 1. The summed E-state index contributed by atoms with van der Waals surface area (Å²) >= 11 is 0. The molecule has 0 aliphatic carbocycles. The van der Waals surface area contributed by atoms with Crippen LogP contribution in [-0.2, 0) is 4.79 Å². The van der Waals surface area contributed by atoms with E-state index in [1.807, 2.05) is 45.0 Å². The number of hydrogen-bond acceptors (Lipinski definition) is 5. The van der Waals surface area contributed by atoms with Gasteiger partial charge in [-0.2, -0.15) is 5.10 Å². The van der Waals surface area contributed by atoms with E-state index in [1.54, 1.807) is 19.2 Å². The van der Waals surface area contributed by atoms with E-state index in [1.165, 1.54) is 11.8 Å². The maximum Gasteiger partial charge on any atom is 0.277 e. The molecule has 0 aliphatic rings. The minimum Gasteiger partial charge on any atom is -0.493 e. The Morgan fingerprint density at radius 2 is 1.88 bits per heavy atom. The predicted octanol–water partition coefficient (Wildman–Crippen LogP) is 3.24. The topological polar surface area (TPSA) is 69.2 Å². The minimum atomic E-state index is -0.335. The van der Waals surface area contributed by atoms with Crippen LogP contribution in [0.3, 0.4) is 0 Å². The van der Waals surface area contributed by atoms with Crippen LogP contribution in [0.4, 0.5) is 0 Å². The number of ether oxygens (including phenoxy) is 3. The highest BCUT2D eigenvalue weighted by Gasteiger charge is 2.05. The van der Waals surface area contributed by atoms with E-state index in [2.05, 4.69) is 10.5 Å². The van der Waals surface area contributed by atoms with Crippen LogP contribution in [-0.4, -0.2) is 32.4 Å². The van der Waals surface area contributed by atoms with Gasteiger partial charge in [-0.1, -0.05) is 6.07 Å². The molecule has 138 valence electrons. The molecule has 6 heteroatoms. The summed E-state index contributed by atoms with van der Waals surface area (Å²) < 4.78 is 16.2. The van der Waals surface area contributed by atoms with Gasteiger partial charge in [0.25, 0.3) is 5.91 Å². The lowest BCUT2D eigenvalue weighted by Gasteiger charge is -2.09. The summed E-state index contributed by atoms with van der Waals surface area (Å²) in [5.74, 6) is 1.60. The zero-order valence-corrected chi connectivity index (χ0v) is 15.5. The number of nitrogens with zero attached hydrogens (tertiary/aromatic N) is 1. The number of methoxy groups -OCH3 is 1. The van der Waals surface area contributed by atoms with Crippen molar-refractivity contribution in [2.45, 2.75) is 20.8 Å². The molecule has 1 N–H and O–H groups in total. The number of hydrogen-bond donors (Lipinski definition) is 1. The molecule has 0 atom stereocenters. The molecule has 1 amide bonds. The molecule has 0 aromatic heterocycles. The van der Waals surface area contributed by atoms with Gasteiger partial charge in [0.1, 0.15) is 5.75 Å². The maximum atomic E-state index is 11.8. The van der Waals surface area contributed by atoms with Crippen molar-refractivity contribution < 1.29 is 19.0 Å². The molecule has 0 radical (unpaired) electrons. The monoisotopic (exact) mass is 356 g/mol. The fourth-order valence-electron chi connectivity index (χ4n) is 2.21. The van der Waals surface area contributed by atoms with Gasteiger partial charge in [0.2, 0.25) is 0 Å². The lowest BCUT2D eigenvalue weighted by molar-refractivity contribution is -0.123. The van der Waals surface area contributed by atoms with E-state index in [0.29, 0.717) is 23.9 Å². The third-order valence-electron chi connectivity index (χ3n) is 3.74. The molecular formula is C20H24N2O4. The van der Waals surface area contributed by atoms with Crippen molar-refractivity contribution in [3.05, 3.63) is 53.1 Å². The Balaban J connectivity index is 1.88. The molecule has 0 bridgehead atoms. The fraction of sp³-hybridized carbons (Fsp3) is 0.300. The number of amides is 1. The standard InChI is InChI=1S/C20H24N2O4/c1-5-25-19-11-16(7-9-18(19)24-4)12-21-22-20(23)13-26-17-8-6-14(2)15(3)10-17/h6-12H,5,13H2,1-4H3,(H,22,23). The van der Waals surface area contributed by atoms with Crippen LogP contribution in [0.5, 0.6) is 17.2 Å². The average molecular weight is 356 g/mol. The molecule has 26 heavy (non-hydrogen) atoms. The first-order valence-corrected chi connectivity index (χ1v) is 8.36. The SMILES string of the molecule is CCOc1cc(C=NNC(=O)COc2ccc(C)c(C)c2)ccc1OC. The molecule has 0 saturated carbocycles. The summed E-state index contributed by atoms with van der Waals surface area (Å²) in [6.07, 6.45) is 1.54. The number of benzene rings is 2. The Labute approximate surface area is 153 Å². The highest BCUT2D eigenvalue weighted by molar-refractivity contribution is 5.83. The normalized spacial score (nSPS) is 10.6. The molecule has 0 saturated heterocycles. The highest BCUT2D eigenvalue weighted by Crippen LogP contribution is 2.27. The predicted molar refractivity (Wildman–Crippen MR) is 101 cm³/mol. The lowest BCUT2D eigenvalue weighted by atomic mass is 10.1. The summed E-state index contributed by atoms with van der Waals surface area (Å²) in [7, 11) is 1.58. The second-order valence-electron chi connectivity index (χ2n) is 5.67. The van der Waals surface area contributed by atoms with E-state index in [0.717, 1.165) is 11.1 Å². The number of hydrazone groups is 1. The molecule has 0 fully saturated rings. The van der Waals surface area contributed by atoms with Crippen molar-refractivity contribution >= 4 is 12.1 Å². The Bertz CT molecular complexity index is 787. The zero-order chi connectivity index (χ0) is 18.9. The second kappa shape index (κ2) is 9.46. The number of carbonyl (C=O) groups excluding carboxylic acids is 1. The largest absolute Gasteiger partial charge is 0.493 e. The maximum absolute atomic E-state index is 11.8. The lowest BCUT2D eigenvalue weighted by Crippen LogP contribution is -2.24. The third-order valence-corrected chi connectivity index (χ3v) is 3.74. The van der Waals surface area contributed by atoms with Gasteiger partial charge in [-0.05, 0) is 67.8 Å². The van der Waals surface area contributed by atoms with Crippen LogP contribution in [0.15, 0.2) is 41.5 Å². The van der Waals surface area contributed by atoms with Gasteiger partial charge in [-0.25, -0.2) is 5.43 Å². The highest BCUT2D eigenvalue weighted by atomic mass is 16.5. The minimum absolute atomic E-state index is 0.105. The molecule has 2 aromatic rings. The van der Waals surface area contributed by atoms with Crippen LogP contribution in [0.1, 0.15) is 23.6 Å². The average Bonchev–Trinajstić information content (AvgIpc) is 2.63. The van der Waals surface area contributed by atoms with Gasteiger partial charge in [0.15, 0.2) is 18.1 Å². The Hall–Kier alpha value is -3.02. The van der Waals surface area contributed by atoms with Crippen LogP contribution < -0.4 is 19.6 Å². The van der Waals surface area contributed by atoms with Crippen LogP contribution in [0.25, 0.3) is 0 Å². The van der Waals surface area contributed by atoms with Crippen LogP contribution in [0, 0.1) is 13.8 Å². The summed E-state index contributed by atoms with van der Waals surface area (Å²) in [4.78, 5) is 11.8. The molecule has 0 aliphatic heterocycles. The van der Waals surface area contributed by atoms with Gasteiger partial charge in [-0.15, -0.1) is 0 Å². The van der Waals surface area contributed by atoms with Gasteiger partial charge in [0, 0.05) is 0 Å². The molecule has 0 unspecified atom stereocenters. The molecule has 6 nitrogen and oxygen atoms in total. The molecule has 2 aromatic carbocycles. The molecule has 0 spiro atoms. The number of nitrogens with one attached hydrogen (secondary N) is 1. The van der Waals surface area contributed by atoms with E-state index in [9.17, 15) is 4.79 Å². The summed E-state index contributed by atoms with van der Waals surface area (Å²) in [6, 6.07) is 11.1. The van der Waals surface area contributed by atoms with Gasteiger partial charge >= 0.3 is 0 Å². The Morgan fingerprint density at radius 1 is 1.08 bits per heavy atom. The first-order valence-electron chi connectivity index (χ1n) is 8.36. The van der Waals surface area contributed by atoms with Crippen molar-refractivity contribution in [1.82, 2.24) is 5.43 Å². The molecule has 0 heterocycles. The van der Waals surface area contributed by atoms with E-state index < -0.39 is 0 Å². The van der Waals surface area contributed by atoms with Gasteiger partial charge < -0.3 is 14.2 Å². The van der Waals surface area contributed by atoms with E-state index in [4.69, 9.17) is 14.2 Å². The fourth-order valence-corrected chi connectivity index (χ4v) is 2.21. The molecule has 2 rings (SSSR count). The van der Waals surface area contributed by atoms with Gasteiger partial charge in [-0.3, -0.25) is 4.79 Å². The summed E-state index contributed by atoms with van der Waals surface area (Å²) in [5, 5.41) is 3.94. The smallest absolute Gasteiger partial charge is 0.277 e. The Kier molecular flexibility index (Phi) is 7.02. The zero-order valence-electron chi connectivity index (χ0n) is 15.5. The van der Waals surface area contributed by atoms with Crippen molar-refractivity contribution in [1.29, 1.82) is 0 Å². The molecular weight excluding hydrogens is 332 g/mol. The van der Waals surface area contributed by atoms with E-state index in [-0.39, 0.29) is 12.5 Å². The second-order valence-corrected chi connectivity index (χ2v) is 5.67. The van der Waals surface area contributed by atoms with Crippen molar-refractivity contribution in [3.8, 4) is 17.2 Å². The Morgan fingerprint density at radius 3 is 2.58 bits per heavy atom. The van der Waals surface area contributed by atoms with Crippen molar-refractivity contribution in [2.75, 3.05) is 20.3 Å². The van der Waals surface area contributed by atoms with Crippen molar-refractivity contribution in [2.24, 2.45) is 5.10 Å².